The van der Waals surface area contributed by atoms with Crippen molar-refractivity contribution in [3.05, 3.63) is 10.4 Å². The first-order valence-corrected chi connectivity index (χ1v) is 8.44. The Morgan fingerprint density at radius 2 is 2.19 bits per heavy atom. The van der Waals surface area contributed by atoms with Gasteiger partial charge in [-0.15, -0.1) is 0 Å². The number of likely N-dealkylation sites (tertiary alicyclic amines) is 1. The van der Waals surface area contributed by atoms with Crippen molar-refractivity contribution in [1.82, 2.24) is 4.90 Å². The van der Waals surface area contributed by atoms with Crippen molar-refractivity contribution < 1.29 is 14.3 Å². The molecule has 1 heterocycles. The van der Waals surface area contributed by atoms with Crippen molar-refractivity contribution in [3.8, 4) is 0 Å². The van der Waals surface area contributed by atoms with Crippen LogP contribution in [0.4, 0.5) is 4.79 Å². The second kappa shape index (κ2) is 4.73. The lowest BCUT2D eigenvalue weighted by atomic mass is 10.2. The predicted molar refractivity (Wildman–Crippen MR) is 60.8 cm³/mol. The third-order valence-electron chi connectivity index (χ3n) is 2.21. The fraction of sp³-hybridized carbons (Fsp3) is 0.875. The van der Waals surface area contributed by atoms with Crippen LogP contribution < -0.4 is 0 Å². The lowest BCUT2D eigenvalue weighted by Gasteiger charge is -2.24. The summed E-state index contributed by atoms with van der Waals surface area (Å²) in [6.07, 6.45) is -1.31. The molecule has 2 unspecified atom stereocenters. The first-order chi connectivity index (χ1) is 7.33. The van der Waals surface area contributed by atoms with Crippen molar-refractivity contribution in [2.45, 2.75) is 31.8 Å². The molecule has 1 N–H and O–H groups in total. The summed E-state index contributed by atoms with van der Waals surface area (Å²) in [6, 6.07) is -0.409. The van der Waals surface area contributed by atoms with Gasteiger partial charge in [-0.25, -0.2) is 4.79 Å². The quantitative estimate of drug-likeness (QED) is 0.355. The Labute approximate surface area is 94.8 Å². The van der Waals surface area contributed by atoms with Crippen LogP contribution in [0.3, 0.4) is 0 Å². The van der Waals surface area contributed by atoms with E-state index in [-0.39, 0.29) is 19.2 Å². The molecule has 1 aliphatic heterocycles. The van der Waals surface area contributed by atoms with E-state index in [4.69, 9.17) is 15.1 Å². The first-order valence-electron chi connectivity index (χ1n) is 5.03. The fourth-order valence-electron chi connectivity index (χ4n) is 1.66. The van der Waals surface area contributed by atoms with E-state index in [1.165, 1.54) is 4.90 Å². The summed E-state index contributed by atoms with van der Waals surface area (Å²) >= 11 is 0. The SMILES string of the molecule is C[Si](C)(C)OC1CN(C(=O)O)CC1N=[N+]=[N-]. The molecule has 0 saturated carbocycles. The van der Waals surface area contributed by atoms with E-state index in [0.29, 0.717) is 0 Å². The molecule has 16 heavy (non-hydrogen) atoms. The Kier molecular flexibility index (Phi) is 3.79. The van der Waals surface area contributed by atoms with Crippen molar-refractivity contribution >= 4 is 14.4 Å². The average molecular weight is 244 g/mol. The Balaban J connectivity index is 2.73. The van der Waals surface area contributed by atoms with Gasteiger partial charge in [0, 0.05) is 18.0 Å². The molecule has 0 spiro atoms. The molecule has 0 aromatic rings. The predicted octanol–water partition coefficient (Wildman–Crippen LogP) is 1.88. The van der Waals surface area contributed by atoms with Crippen LogP contribution in [0.15, 0.2) is 5.11 Å². The molecule has 2 atom stereocenters. The van der Waals surface area contributed by atoms with E-state index in [9.17, 15) is 4.79 Å². The summed E-state index contributed by atoms with van der Waals surface area (Å²) in [4.78, 5) is 14.8. The smallest absolute Gasteiger partial charge is 0.407 e. The average Bonchev–Trinajstić information content (AvgIpc) is 2.47. The third-order valence-corrected chi connectivity index (χ3v) is 3.22. The van der Waals surface area contributed by atoms with Crippen LogP contribution in [-0.4, -0.2) is 49.7 Å². The van der Waals surface area contributed by atoms with Gasteiger partial charge >= 0.3 is 6.09 Å². The fourth-order valence-corrected chi connectivity index (χ4v) is 2.80. The number of amides is 1. The molecule has 0 bridgehead atoms. The molecule has 0 radical (unpaired) electrons. The number of hydrogen-bond donors (Lipinski definition) is 1. The number of carboxylic acid groups (broad SMARTS) is 1. The van der Waals surface area contributed by atoms with Crippen LogP contribution in [0.1, 0.15) is 0 Å². The molecule has 1 saturated heterocycles. The first kappa shape index (κ1) is 12.8. The Hall–Kier alpha value is -1.24. The molecule has 0 aromatic heterocycles. The minimum Gasteiger partial charge on any atom is -0.465 e. The maximum atomic E-state index is 10.8. The van der Waals surface area contributed by atoms with Gasteiger partial charge in [0.2, 0.25) is 0 Å². The summed E-state index contributed by atoms with van der Waals surface area (Å²) in [6.45, 7) is 6.55. The normalized spacial score (nSPS) is 25.3. The number of rotatable bonds is 3. The van der Waals surface area contributed by atoms with Crippen LogP contribution in [-0.2, 0) is 4.43 Å². The maximum Gasteiger partial charge on any atom is 0.407 e. The molecule has 90 valence electrons. The molecule has 1 amide bonds. The van der Waals surface area contributed by atoms with E-state index in [2.05, 4.69) is 10.0 Å². The van der Waals surface area contributed by atoms with Gasteiger partial charge in [0.25, 0.3) is 0 Å². The third kappa shape index (κ3) is 3.40. The molecule has 0 aliphatic carbocycles. The highest BCUT2D eigenvalue weighted by atomic mass is 28.4. The van der Waals surface area contributed by atoms with Gasteiger partial charge in [-0.3, -0.25) is 0 Å². The van der Waals surface area contributed by atoms with Crippen LogP contribution in [0.2, 0.25) is 19.6 Å². The second-order valence-electron chi connectivity index (χ2n) is 4.73. The van der Waals surface area contributed by atoms with Crippen LogP contribution >= 0.6 is 0 Å². The Bertz CT molecular complexity index is 324. The standard InChI is InChI=1S/C8H16N4O3Si/c1-16(2,3)15-7-5-12(8(13)14)4-6(7)10-11-9/h6-7H,4-5H2,1-3H3,(H,13,14). The zero-order valence-electron chi connectivity index (χ0n) is 9.62. The summed E-state index contributed by atoms with van der Waals surface area (Å²) in [5, 5.41) is 12.5. The topological polar surface area (TPSA) is 98.5 Å². The van der Waals surface area contributed by atoms with Crippen LogP contribution in [0.25, 0.3) is 10.4 Å². The molecular weight excluding hydrogens is 228 g/mol. The van der Waals surface area contributed by atoms with Crippen molar-refractivity contribution in [1.29, 1.82) is 0 Å². The zero-order valence-corrected chi connectivity index (χ0v) is 10.6. The van der Waals surface area contributed by atoms with Gasteiger partial charge < -0.3 is 14.4 Å². The van der Waals surface area contributed by atoms with Crippen LogP contribution in [0.5, 0.6) is 0 Å². The van der Waals surface area contributed by atoms with Gasteiger partial charge in [-0.1, -0.05) is 5.11 Å². The highest BCUT2D eigenvalue weighted by Crippen LogP contribution is 2.20. The van der Waals surface area contributed by atoms with E-state index >= 15 is 0 Å². The molecule has 7 nitrogen and oxygen atoms in total. The van der Waals surface area contributed by atoms with Gasteiger partial charge in [0.1, 0.15) is 0 Å². The number of nitrogens with zero attached hydrogens (tertiary/aromatic N) is 4. The van der Waals surface area contributed by atoms with E-state index in [1.807, 2.05) is 19.6 Å². The van der Waals surface area contributed by atoms with Crippen molar-refractivity contribution in [3.63, 3.8) is 0 Å². The summed E-state index contributed by atoms with van der Waals surface area (Å²) < 4.78 is 5.81. The lowest BCUT2D eigenvalue weighted by Crippen LogP contribution is -2.38. The lowest BCUT2D eigenvalue weighted by molar-refractivity contribution is 0.143. The number of carbonyl (C=O) groups is 1. The second-order valence-corrected chi connectivity index (χ2v) is 9.19. The zero-order chi connectivity index (χ0) is 12.3. The van der Waals surface area contributed by atoms with Gasteiger partial charge in [-0.2, -0.15) is 0 Å². The van der Waals surface area contributed by atoms with E-state index in [0.717, 1.165) is 0 Å². The summed E-state index contributed by atoms with van der Waals surface area (Å²) in [7, 11) is -1.76. The highest BCUT2D eigenvalue weighted by Gasteiger charge is 2.37. The molecule has 1 fully saturated rings. The van der Waals surface area contributed by atoms with Gasteiger partial charge in [0.05, 0.1) is 12.1 Å². The number of azide groups is 1. The monoisotopic (exact) mass is 244 g/mol. The molecule has 0 aromatic carbocycles. The van der Waals surface area contributed by atoms with Gasteiger partial charge in [0.15, 0.2) is 8.32 Å². The van der Waals surface area contributed by atoms with Crippen molar-refractivity contribution in [2.75, 3.05) is 13.1 Å². The molecule has 8 heteroatoms. The Morgan fingerprint density at radius 3 is 2.62 bits per heavy atom. The number of hydrogen-bond acceptors (Lipinski definition) is 3. The maximum absolute atomic E-state index is 10.8. The van der Waals surface area contributed by atoms with Crippen LogP contribution in [0, 0.1) is 0 Å². The van der Waals surface area contributed by atoms with E-state index in [1.54, 1.807) is 0 Å². The minimum atomic E-state index is -1.76. The molecule has 1 aliphatic rings. The van der Waals surface area contributed by atoms with E-state index < -0.39 is 20.5 Å². The van der Waals surface area contributed by atoms with Gasteiger partial charge in [-0.05, 0) is 25.2 Å². The molecular formula is C8H16N4O3Si. The largest absolute Gasteiger partial charge is 0.465 e. The summed E-state index contributed by atoms with van der Waals surface area (Å²) in [5.41, 5.74) is 8.42. The Morgan fingerprint density at radius 1 is 1.56 bits per heavy atom. The highest BCUT2D eigenvalue weighted by molar-refractivity contribution is 6.69. The summed E-state index contributed by atoms with van der Waals surface area (Å²) in [5.74, 6) is 0. The van der Waals surface area contributed by atoms with Crippen molar-refractivity contribution in [2.24, 2.45) is 5.11 Å². The minimum absolute atomic E-state index is 0.217. The molecule has 1 rings (SSSR count).